The van der Waals surface area contributed by atoms with Crippen molar-refractivity contribution in [2.24, 2.45) is 0 Å². The summed E-state index contributed by atoms with van der Waals surface area (Å²) in [4.78, 5) is 28.4. The first-order chi connectivity index (χ1) is 14.0. The van der Waals surface area contributed by atoms with Gasteiger partial charge < -0.3 is 4.90 Å². The van der Waals surface area contributed by atoms with Crippen molar-refractivity contribution >= 4 is 16.7 Å². The standard InChI is InChI=1S/C23H22F2N2O2/c1-2-16-7-5-6-12-26(16)23(29)19-14-27(21-11-10-15(24)13-20(21)25)22(28)18-9-4-3-8-17(18)19/h3-4,8-11,13-14,16H,2,5-7,12H2,1H3. The van der Waals surface area contributed by atoms with Crippen LogP contribution >= 0.6 is 0 Å². The van der Waals surface area contributed by atoms with Gasteiger partial charge in [-0.25, -0.2) is 8.78 Å². The van der Waals surface area contributed by atoms with Crippen LogP contribution in [-0.4, -0.2) is 28.0 Å². The van der Waals surface area contributed by atoms with E-state index in [2.05, 4.69) is 6.92 Å². The fourth-order valence-corrected chi connectivity index (χ4v) is 4.16. The van der Waals surface area contributed by atoms with Gasteiger partial charge in [-0.2, -0.15) is 0 Å². The van der Waals surface area contributed by atoms with Gasteiger partial charge in [0.2, 0.25) is 0 Å². The molecule has 0 saturated carbocycles. The van der Waals surface area contributed by atoms with E-state index in [0.29, 0.717) is 22.9 Å². The lowest BCUT2D eigenvalue weighted by atomic mass is 9.98. The second-order valence-corrected chi connectivity index (χ2v) is 7.42. The third-order valence-electron chi connectivity index (χ3n) is 5.68. The Bertz CT molecular complexity index is 1140. The van der Waals surface area contributed by atoms with Gasteiger partial charge in [0.15, 0.2) is 0 Å². The number of benzene rings is 2. The van der Waals surface area contributed by atoms with Crippen molar-refractivity contribution in [2.45, 2.75) is 38.6 Å². The monoisotopic (exact) mass is 396 g/mol. The van der Waals surface area contributed by atoms with Crippen LogP contribution in [0.4, 0.5) is 8.78 Å². The molecule has 0 aliphatic carbocycles. The van der Waals surface area contributed by atoms with Crippen molar-refractivity contribution in [1.29, 1.82) is 0 Å². The minimum atomic E-state index is -0.856. The Morgan fingerprint density at radius 2 is 1.86 bits per heavy atom. The molecule has 0 bridgehead atoms. The summed E-state index contributed by atoms with van der Waals surface area (Å²) >= 11 is 0. The number of fused-ring (bicyclic) bond motifs is 1. The molecular formula is C23H22F2N2O2. The van der Waals surface area contributed by atoms with Gasteiger partial charge in [0.1, 0.15) is 11.6 Å². The Morgan fingerprint density at radius 3 is 2.59 bits per heavy atom. The molecule has 1 aliphatic rings. The molecule has 6 heteroatoms. The van der Waals surface area contributed by atoms with E-state index < -0.39 is 17.2 Å². The van der Waals surface area contributed by atoms with Crippen LogP contribution in [0, 0.1) is 11.6 Å². The number of carbonyl (C=O) groups is 1. The normalized spacial score (nSPS) is 16.9. The lowest BCUT2D eigenvalue weighted by Crippen LogP contribution is -2.43. The van der Waals surface area contributed by atoms with E-state index >= 15 is 0 Å². The van der Waals surface area contributed by atoms with Crippen LogP contribution in [-0.2, 0) is 0 Å². The predicted molar refractivity (Wildman–Crippen MR) is 108 cm³/mol. The van der Waals surface area contributed by atoms with Crippen molar-refractivity contribution in [3.63, 3.8) is 0 Å². The van der Waals surface area contributed by atoms with Gasteiger partial charge in [-0.1, -0.05) is 25.1 Å². The molecule has 150 valence electrons. The van der Waals surface area contributed by atoms with E-state index in [1.54, 1.807) is 24.3 Å². The fraction of sp³-hybridized carbons (Fsp3) is 0.304. The minimum Gasteiger partial charge on any atom is -0.336 e. The van der Waals surface area contributed by atoms with E-state index in [9.17, 15) is 18.4 Å². The van der Waals surface area contributed by atoms with Crippen LogP contribution < -0.4 is 5.56 Å². The highest BCUT2D eigenvalue weighted by Crippen LogP contribution is 2.25. The molecule has 1 aromatic heterocycles. The van der Waals surface area contributed by atoms with Crippen molar-refractivity contribution in [2.75, 3.05) is 6.54 Å². The fourth-order valence-electron chi connectivity index (χ4n) is 4.16. The maximum Gasteiger partial charge on any atom is 0.263 e. The molecule has 2 aromatic carbocycles. The highest BCUT2D eigenvalue weighted by molar-refractivity contribution is 6.06. The number of aromatic nitrogens is 1. The van der Waals surface area contributed by atoms with E-state index in [0.717, 1.165) is 42.4 Å². The summed E-state index contributed by atoms with van der Waals surface area (Å²) in [6.07, 6.45) is 5.22. The summed E-state index contributed by atoms with van der Waals surface area (Å²) in [5.41, 5.74) is -0.181. The quantitative estimate of drug-likeness (QED) is 0.645. The minimum absolute atomic E-state index is 0.0816. The van der Waals surface area contributed by atoms with Crippen LogP contribution in [0.2, 0.25) is 0 Å². The van der Waals surface area contributed by atoms with E-state index in [1.807, 2.05) is 4.90 Å². The SMILES string of the molecule is CCC1CCCCN1C(=O)c1cn(-c2ccc(F)cc2F)c(=O)c2ccccc12. The second kappa shape index (κ2) is 7.78. The first-order valence-corrected chi connectivity index (χ1v) is 9.92. The van der Waals surface area contributed by atoms with Crippen molar-refractivity contribution in [3.8, 4) is 5.69 Å². The molecule has 1 amide bonds. The maximum absolute atomic E-state index is 14.4. The highest BCUT2D eigenvalue weighted by Gasteiger charge is 2.28. The number of rotatable bonds is 3. The molecule has 29 heavy (non-hydrogen) atoms. The molecule has 3 aromatic rings. The molecule has 1 saturated heterocycles. The zero-order valence-electron chi connectivity index (χ0n) is 16.2. The number of nitrogens with zero attached hydrogens (tertiary/aromatic N) is 2. The number of hydrogen-bond acceptors (Lipinski definition) is 2. The molecule has 1 atom stereocenters. The van der Waals surface area contributed by atoms with Crippen molar-refractivity contribution in [1.82, 2.24) is 9.47 Å². The van der Waals surface area contributed by atoms with Crippen LogP contribution in [0.1, 0.15) is 43.0 Å². The van der Waals surface area contributed by atoms with Crippen LogP contribution in [0.15, 0.2) is 53.5 Å². The summed E-state index contributed by atoms with van der Waals surface area (Å²) in [5.74, 6) is -1.75. The van der Waals surface area contributed by atoms with Gasteiger partial charge in [-0.3, -0.25) is 14.2 Å². The first-order valence-electron chi connectivity index (χ1n) is 9.92. The smallest absolute Gasteiger partial charge is 0.263 e. The van der Waals surface area contributed by atoms with Crippen molar-refractivity contribution < 1.29 is 13.6 Å². The van der Waals surface area contributed by atoms with E-state index in [-0.39, 0.29) is 17.6 Å². The molecular weight excluding hydrogens is 374 g/mol. The summed E-state index contributed by atoms with van der Waals surface area (Å²) in [6, 6.07) is 10.0. The Balaban J connectivity index is 1.93. The van der Waals surface area contributed by atoms with Gasteiger partial charge >= 0.3 is 0 Å². The first kappa shape index (κ1) is 19.3. The van der Waals surface area contributed by atoms with Crippen LogP contribution in [0.5, 0.6) is 0 Å². The van der Waals surface area contributed by atoms with Crippen LogP contribution in [0.25, 0.3) is 16.5 Å². The molecule has 0 N–H and O–H groups in total. The largest absolute Gasteiger partial charge is 0.336 e. The number of carbonyl (C=O) groups excluding carboxylic acids is 1. The zero-order chi connectivity index (χ0) is 20.5. The molecule has 4 nitrogen and oxygen atoms in total. The van der Waals surface area contributed by atoms with Gasteiger partial charge in [0.25, 0.3) is 11.5 Å². The molecule has 0 radical (unpaired) electrons. The number of piperidine rings is 1. The number of hydrogen-bond donors (Lipinski definition) is 0. The number of likely N-dealkylation sites (tertiary alicyclic amines) is 1. The topological polar surface area (TPSA) is 42.3 Å². The number of pyridine rings is 1. The number of halogens is 2. The molecule has 4 rings (SSSR count). The average Bonchev–Trinajstić information content (AvgIpc) is 2.74. The summed E-state index contributed by atoms with van der Waals surface area (Å²) < 4.78 is 28.9. The molecule has 1 aliphatic heterocycles. The van der Waals surface area contributed by atoms with E-state index in [4.69, 9.17) is 0 Å². The Morgan fingerprint density at radius 1 is 1.10 bits per heavy atom. The summed E-state index contributed by atoms with van der Waals surface area (Å²) in [6.45, 7) is 2.72. The number of amides is 1. The van der Waals surface area contributed by atoms with Gasteiger partial charge in [-0.05, 0) is 43.9 Å². The third-order valence-corrected chi connectivity index (χ3v) is 5.68. The molecule has 1 unspecified atom stereocenters. The lowest BCUT2D eigenvalue weighted by Gasteiger charge is -2.35. The molecule has 2 heterocycles. The maximum atomic E-state index is 14.4. The lowest BCUT2D eigenvalue weighted by molar-refractivity contribution is 0.0609. The van der Waals surface area contributed by atoms with Crippen molar-refractivity contribution in [3.05, 3.63) is 76.2 Å². The summed E-state index contributed by atoms with van der Waals surface area (Å²) in [7, 11) is 0. The molecule has 0 spiro atoms. The van der Waals surface area contributed by atoms with Gasteiger partial charge in [0.05, 0.1) is 11.3 Å². The third kappa shape index (κ3) is 3.43. The van der Waals surface area contributed by atoms with E-state index in [1.165, 1.54) is 12.3 Å². The highest BCUT2D eigenvalue weighted by atomic mass is 19.1. The average molecular weight is 396 g/mol. The summed E-state index contributed by atoms with van der Waals surface area (Å²) in [5, 5.41) is 0.869. The van der Waals surface area contributed by atoms with Crippen LogP contribution in [0.3, 0.4) is 0 Å². The Hall–Kier alpha value is -3.02. The zero-order valence-corrected chi connectivity index (χ0v) is 16.2. The predicted octanol–water partition coefficient (Wildman–Crippen LogP) is 4.67. The molecule has 1 fully saturated rings. The second-order valence-electron chi connectivity index (χ2n) is 7.42. The van der Waals surface area contributed by atoms with Gasteiger partial charge in [-0.15, -0.1) is 0 Å². The van der Waals surface area contributed by atoms with Gasteiger partial charge in [0, 0.05) is 35.6 Å². The Kier molecular flexibility index (Phi) is 5.18. The Labute approximate surface area is 167 Å².